The van der Waals surface area contributed by atoms with Crippen LogP contribution in [-0.2, 0) is 16.1 Å². The predicted octanol–water partition coefficient (Wildman–Crippen LogP) is 1.04. The van der Waals surface area contributed by atoms with Gasteiger partial charge >= 0.3 is 0 Å². The number of nitrogens with one attached hydrogen (secondary N) is 1. The lowest BCUT2D eigenvalue weighted by atomic mass is 10.1. The molecule has 1 unspecified atom stereocenters. The van der Waals surface area contributed by atoms with Gasteiger partial charge in [-0.2, -0.15) is 0 Å². The Morgan fingerprint density at radius 1 is 1.08 bits per heavy atom. The number of carbonyl (C=O) groups excluding carboxylic acids is 1. The number of rotatable bonds is 6. The first-order valence-corrected chi connectivity index (χ1v) is 8.52. The number of pyridine rings is 1. The highest BCUT2D eigenvalue weighted by molar-refractivity contribution is 5.76. The molecule has 1 saturated heterocycles. The minimum atomic E-state index is -0.179. The van der Waals surface area contributed by atoms with Gasteiger partial charge in [-0.25, -0.2) is 0 Å². The van der Waals surface area contributed by atoms with Gasteiger partial charge < -0.3 is 14.6 Å². The van der Waals surface area contributed by atoms with E-state index in [1.165, 1.54) is 10.6 Å². The van der Waals surface area contributed by atoms with Crippen LogP contribution in [0.25, 0.3) is 0 Å². The second-order valence-corrected chi connectivity index (χ2v) is 6.11. The molecule has 1 aliphatic rings. The molecule has 1 fully saturated rings. The third-order valence-electron chi connectivity index (χ3n) is 4.29. The van der Waals surface area contributed by atoms with Crippen molar-refractivity contribution >= 4 is 5.91 Å². The maximum atomic E-state index is 12.5. The Morgan fingerprint density at radius 2 is 1.80 bits per heavy atom. The normalized spacial score (nSPS) is 16.3. The van der Waals surface area contributed by atoms with Gasteiger partial charge in [-0.1, -0.05) is 36.4 Å². The smallest absolute Gasteiger partial charge is 0.250 e. The lowest BCUT2D eigenvalue weighted by Gasteiger charge is -2.31. The monoisotopic (exact) mass is 341 g/mol. The Morgan fingerprint density at radius 3 is 2.52 bits per heavy atom. The Balaban J connectivity index is 1.69. The summed E-state index contributed by atoms with van der Waals surface area (Å²) in [6, 6.07) is 14.7. The van der Waals surface area contributed by atoms with Crippen molar-refractivity contribution in [3.8, 4) is 0 Å². The summed E-state index contributed by atoms with van der Waals surface area (Å²) >= 11 is 0. The topological polar surface area (TPSA) is 63.6 Å². The summed E-state index contributed by atoms with van der Waals surface area (Å²) in [6.07, 6.45) is 1.63. The second kappa shape index (κ2) is 8.60. The van der Waals surface area contributed by atoms with E-state index in [1.807, 2.05) is 30.3 Å². The van der Waals surface area contributed by atoms with Crippen molar-refractivity contribution < 1.29 is 9.53 Å². The number of hydrogen-bond acceptors (Lipinski definition) is 4. The van der Waals surface area contributed by atoms with Crippen LogP contribution in [0.1, 0.15) is 11.6 Å². The van der Waals surface area contributed by atoms with Crippen LogP contribution in [0.3, 0.4) is 0 Å². The molecule has 1 aliphatic heterocycles. The number of benzene rings is 1. The fourth-order valence-corrected chi connectivity index (χ4v) is 2.95. The molecule has 132 valence electrons. The van der Waals surface area contributed by atoms with Crippen molar-refractivity contribution in [3.63, 3.8) is 0 Å². The van der Waals surface area contributed by atoms with Gasteiger partial charge in [0.05, 0.1) is 19.3 Å². The molecule has 2 aromatic rings. The minimum Gasteiger partial charge on any atom is -0.379 e. The molecule has 6 heteroatoms. The number of carbonyl (C=O) groups is 1. The van der Waals surface area contributed by atoms with Crippen molar-refractivity contribution in [2.75, 3.05) is 32.8 Å². The fraction of sp³-hybridized carbons (Fsp3) is 0.368. The number of amides is 1. The molecule has 0 bridgehead atoms. The Bertz CT molecular complexity index is 739. The molecule has 1 atom stereocenters. The van der Waals surface area contributed by atoms with Crippen LogP contribution in [0, 0.1) is 0 Å². The first kappa shape index (κ1) is 17.4. The van der Waals surface area contributed by atoms with Crippen LogP contribution in [0.2, 0.25) is 0 Å². The molecule has 2 heterocycles. The summed E-state index contributed by atoms with van der Waals surface area (Å²) < 4.78 is 6.80. The van der Waals surface area contributed by atoms with E-state index in [9.17, 15) is 9.59 Å². The maximum absolute atomic E-state index is 12.5. The molecule has 1 aromatic carbocycles. The number of nitrogens with zero attached hydrogens (tertiary/aromatic N) is 2. The fourth-order valence-electron chi connectivity index (χ4n) is 2.95. The molecule has 1 aromatic heterocycles. The maximum Gasteiger partial charge on any atom is 0.250 e. The van der Waals surface area contributed by atoms with Crippen LogP contribution in [0.5, 0.6) is 0 Å². The Kier molecular flexibility index (Phi) is 5.98. The zero-order valence-electron chi connectivity index (χ0n) is 14.1. The first-order chi connectivity index (χ1) is 12.2. The Labute approximate surface area is 147 Å². The van der Waals surface area contributed by atoms with E-state index in [1.54, 1.807) is 18.3 Å². The van der Waals surface area contributed by atoms with Crippen molar-refractivity contribution in [1.29, 1.82) is 0 Å². The van der Waals surface area contributed by atoms with Gasteiger partial charge in [0, 0.05) is 31.9 Å². The van der Waals surface area contributed by atoms with E-state index in [4.69, 9.17) is 4.74 Å². The van der Waals surface area contributed by atoms with Gasteiger partial charge in [-0.15, -0.1) is 0 Å². The quantitative estimate of drug-likeness (QED) is 0.853. The number of ether oxygens (including phenoxy) is 1. The molecular formula is C19H23N3O3. The molecule has 3 rings (SSSR count). The minimum absolute atomic E-state index is 0.0200. The molecule has 0 spiro atoms. The van der Waals surface area contributed by atoms with Crippen LogP contribution in [-0.4, -0.2) is 48.2 Å². The van der Waals surface area contributed by atoms with E-state index in [2.05, 4.69) is 10.2 Å². The average Bonchev–Trinajstić information content (AvgIpc) is 2.65. The number of morpholine rings is 1. The summed E-state index contributed by atoms with van der Waals surface area (Å²) in [5, 5.41) is 3.08. The summed E-state index contributed by atoms with van der Waals surface area (Å²) in [5.74, 6) is -0.171. The Hall–Kier alpha value is -2.44. The van der Waals surface area contributed by atoms with Crippen LogP contribution >= 0.6 is 0 Å². The van der Waals surface area contributed by atoms with E-state index >= 15 is 0 Å². The molecular weight excluding hydrogens is 318 g/mol. The highest BCUT2D eigenvalue weighted by Gasteiger charge is 2.20. The molecule has 1 amide bonds. The molecule has 0 saturated carbocycles. The van der Waals surface area contributed by atoms with Crippen LogP contribution < -0.4 is 10.9 Å². The third-order valence-corrected chi connectivity index (χ3v) is 4.29. The summed E-state index contributed by atoms with van der Waals surface area (Å²) in [7, 11) is 0. The van der Waals surface area contributed by atoms with Crippen molar-refractivity contribution in [1.82, 2.24) is 14.8 Å². The summed E-state index contributed by atoms with van der Waals surface area (Å²) in [6.45, 7) is 3.90. The lowest BCUT2D eigenvalue weighted by Crippen LogP contribution is -2.44. The first-order valence-electron chi connectivity index (χ1n) is 8.52. The van der Waals surface area contributed by atoms with Gasteiger partial charge in [-0.3, -0.25) is 14.5 Å². The van der Waals surface area contributed by atoms with Gasteiger partial charge in [0.15, 0.2) is 0 Å². The van der Waals surface area contributed by atoms with E-state index < -0.39 is 0 Å². The molecule has 25 heavy (non-hydrogen) atoms. The molecule has 6 nitrogen and oxygen atoms in total. The molecule has 0 radical (unpaired) electrons. The van der Waals surface area contributed by atoms with Crippen LogP contribution in [0.4, 0.5) is 0 Å². The van der Waals surface area contributed by atoms with Crippen molar-refractivity contribution in [2.24, 2.45) is 0 Å². The van der Waals surface area contributed by atoms with Gasteiger partial charge in [-0.05, 0) is 11.6 Å². The second-order valence-electron chi connectivity index (χ2n) is 6.11. The standard InChI is InChI=1S/C19H23N3O3/c23-18(15-22-9-5-4-8-19(22)24)20-17(16-6-2-1-3-7-16)14-21-10-12-25-13-11-21/h1-9,17H,10-15H2,(H,20,23). The summed E-state index contributed by atoms with van der Waals surface area (Å²) in [5.41, 5.74) is 0.879. The zero-order chi connectivity index (χ0) is 17.5. The lowest BCUT2D eigenvalue weighted by molar-refractivity contribution is -0.122. The van der Waals surface area contributed by atoms with Gasteiger partial charge in [0.2, 0.25) is 5.91 Å². The van der Waals surface area contributed by atoms with Crippen molar-refractivity contribution in [3.05, 3.63) is 70.6 Å². The van der Waals surface area contributed by atoms with E-state index in [-0.39, 0.29) is 24.1 Å². The highest BCUT2D eigenvalue weighted by atomic mass is 16.5. The molecule has 0 aliphatic carbocycles. The SMILES string of the molecule is O=C(Cn1ccccc1=O)NC(CN1CCOCC1)c1ccccc1. The van der Waals surface area contributed by atoms with E-state index in [0.717, 1.165) is 38.4 Å². The third kappa shape index (κ3) is 5.01. The van der Waals surface area contributed by atoms with Gasteiger partial charge in [0.25, 0.3) is 5.56 Å². The van der Waals surface area contributed by atoms with E-state index in [0.29, 0.717) is 0 Å². The average molecular weight is 341 g/mol. The number of aromatic nitrogens is 1. The van der Waals surface area contributed by atoms with Gasteiger partial charge in [0.1, 0.15) is 6.54 Å². The summed E-state index contributed by atoms with van der Waals surface area (Å²) in [4.78, 5) is 26.6. The molecule has 1 N–H and O–H groups in total. The highest BCUT2D eigenvalue weighted by Crippen LogP contribution is 2.15. The predicted molar refractivity (Wildman–Crippen MR) is 95.3 cm³/mol. The van der Waals surface area contributed by atoms with Crippen molar-refractivity contribution in [2.45, 2.75) is 12.6 Å². The van der Waals surface area contributed by atoms with Crippen LogP contribution in [0.15, 0.2) is 59.5 Å². The largest absolute Gasteiger partial charge is 0.379 e. The number of hydrogen-bond donors (Lipinski definition) is 1. The zero-order valence-corrected chi connectivity index (χ0v) is 14.1.